The van der Waals surface area contributed by atoms with Crippen LogP contribution in [0.4, 0.5) is 0 Å². The lowest BCUT2D eigenvalue weighted by atomic mass is 9.92. The normalized spacial score (nSPS) is 28.9. The number of hydrogen-bond donors (Lipinski definition) is 1. The van der Waals surface area contributed by atoms with Crippen LogP contribution >= 0.6 is 0 Å². The molecule has 1 aromatic carbocycles. The lowest BCUT2D eigenvalue weighted by Gasteiger charge is -2.20. The van der Waals surface area contributed by atoms with E-state index in [9.17, 15) is 0 Å². The molecule has 1 N–H and O–H groups in total. The quantitative estimate of drug-likeness (QED) is 0.858. The predicted octanol–water partition coefficient (Wildman–Crippen LogP) is 3.37. The van der Waals surface area contributed by atoms with E-state index in [-0.39, 0.29) is 0 Å². The van der Waals surface area contributed by atoms with E-state index in [2.05, 4.69) is 50.4 Å². The van der Waals surface area contributed by atoms with Crippen LogP contribution in [0.25, 0.3) is 0 Å². The molecule has 0 aromatic heterocycles. The molecule has 0 saturated heterocycles. The molecule has 1 fully saturated rings. The number of ether oxygens (including phenoxy) is 1. The first-order valence-corrected chi connectivity index (χ1v) is 8.15. The van der Waals surface area contributed by atoms with Gasteiger partial charge in [0.05, 0.1) is 12.7 Å². The van der Waals surface area contributed by atoms with E-state index in [1.165, 1.54) is 12.8 Å². The fraction of sp³-hybridized carbons (Fsp3) is 0.667. The summed E-state index contributed by atoms with van der Waals surface area (Å²) in [5.41, 5.74) is 3.19. The van der Waals surface area contributed by atoms with Crippen LogP contribution in [-0.4, -0.2) is 25.3 Å². The third-order valence-electron chi connectivity index (χ3n) is 4.93. The topological polar surface area (TPSA) is 21.3 Å². The van der Waals surface area contributed by atoms with E-state index in [0.29, 0.717) is 12.1 Å². The Kier molecular flexibility index (Phi) is 4.13. The van der Waals surface area contributed by atoms with Crippen LogP contribution < -0.4 is 5.32 Å². The number of nitrogens with one attached hydrogen (secondary N) is 1. The summed E-state index contributed by atoms with van der Waals surface area (Å²) in [5, 5.41) is 3.66. The van der Waals surface area contributed by atoms with Gasteiger partial charge >= 0.3 is 0 Å². The van der Waals surface area contributed by atoms with E-state index in [1.54, 1.807) is 11.1 Å². The second kappa shape index (κ2) is 5.87. The second-order valence-electron chi connectivity index (χ2n) is 6.55. The summed E-state index contributed by atoms with van der Waals surface area (Å²) in [4.78, 5) is 0. The number of likely N-dealkylation sites (N-methyl/N-ethyl adjacent to an activating group) is 1. The smallest absolute Gasteiger partial charge is 0.0626 e. The van der Waals surface area contributed by atoms with E-state index in [4.69, 9.17) is 4.74 Å². The first kappa shape index (κ1) is 14.1. The van der Waals surface area contributed by atoms with Gasteiger partial charge < -0.3 is 10.1 Å². The third kappa shape index (κ3) is 2.64. The average Bonchev–Trinajstić information content (AvgIpc) is 3.18. The van der Waals surface area contributed by atoms with Crippen molar-refractivity contribution in [2.75, 3.05) is 13.2 Å². The SMILES string of the molecule is CCNC(COC(C)C)C1C2CCc3ccccc3C21. The minimum atomic E-state index is 0.323. The van der Waals surface area contributed by atoms with Crippen molar-refractivity contribution in [1.82, 2.24) is 5.32 Å². The Labute approximate surface area is 122 Å². The van der Waals surface area contributed by atoms with Crippen LogP contribution in [0.1, 0.15) is 44.2 Å². The van der Waals surface area contributed by atoms with Crippen molar-refractivity contribution in [2.45, 2.75) is 51.7 Å². The van der Waals surface area contributed by atoms with Gasteiger partial charge in [-0.3, -0.25) is 0 Å². The number of hydrogen-bond acceptors (Lipinski definition) is 2. The fourth-order valence-electron chi connectivity index (χ4n) is 4.03. The highest BCUT2D eigenvalue weighted by atomic mass is 16.5. The van der Waals surface area contributed by atoms with E-state index >= 15 is 0 Å². The summed E-state index contributed by atoms with van der Waals surface area (Å²) >= 11 is 0. The molecule has 2 heteroatoms. The van der Waals surface area contributed by atoms with Gasteiger partial charge in [0.15, 0.2) is 0 Å². The van der Waals surface area contributed by atoms with Crippen molar-refractivity contribution in [2.24, 2.45) is 11.8 Å². The van der Waals surface area contributed by atoms with Crippen molar-refractivity contribution in [1.29, 1.82) is 0 Å². The Morgan fingerprint density at radius 3 is 2.85 bits per heavy atom. The molecule has 110 valence electrons. The van der Waals surface area contributed by atoms with Gasteiger partial charge in [-0.2, -0.15) is 0 Å². The van der Waals surface area contributed by atoms with Crippen LogP contribution in [0.5, 0.6) is 0 Å². The Morgan fingerprint density at radius 2 is 2.10 bits per heavy atom. The van der Waals surface area contributed by atoms with E-state index in [1.807, 2.05) is 0 Å². The Morgan fingerprint density at radius 1 is 1.30 bits per heavy atom. The summed E-state index contributed by atoms with van der Waals surface area (Å²) in [6, 6.07) is 9.55. The molecule has 4 atom stereocenters. The standard InChI is InChI=1S/C18H27NO/c1-4-19-16(11-20-12(2)3)18-15-10-9-13-7-5-6-8-14(13)17(15)18/h5-8,12,15-19H,4,9-11H2,1-3H3. The van der Waals surface area contributed by atoms with Crippen molar-refractivity contribution in [3.63, 3.8) is 0 Å². The molecule has 3 rings (SSSR count). The number of rotatable bonds is 6. The van der Waals surface area contributed by atoms with Crippen LogP contribution in [0, 0.1) is 11.8 Å². The van der Waals surface area contributed by atoms with Gasteiger partial charge in [-0.15, -0.1) is 0 Å². The molecule has 0 radical (unpaired) electrons. The van der Waals surface area contributed by atoms with Crippen LogP contribution in [0.3, 0.4) is 0 Å². The van der Waals surface area contributed by atoms with Gasteiger partial charge in [0.1, 0.15) is 0 Å². The zero-order valence-corrected chi connectivity index (χ0v) is 12.9. The van der Waals surface area contributed by atoms with Gasteiger partial charge in [0.25, 0.3) is 0 Å². The minimum Gasteiger partial charge on any atom is -0.377 e. The first-order chi connectivity index (χ1) is 9.72. The minimum absolute atomic E-state index is 0.323. The van der Waals surface area contributed by atoms with Gasteiger partial charge in [-0.1, -0.05) is 31.2 Å². The largest absolute Gasteiger partial charge is 0.377 e. The molecule has 0 amide bonds. The maximum Gasteiger partial charge on any atom is 0.0626 e. The summed E-state index contributed by atoms with van der Waals surface area (Å²) in [6.07, 6.45) is 2.94. The van der Waals surface area contributed by atoms with Gasteiger partial charge in [0.2, 0.25) is 0 Å². The fourth-order valence-corrected chi connectivity index (χ4v) is 4.03. The highest BCUT2D eigenvalue weighted by Gasteiger charge is 2.56. The summed E-state index contributed by atoms with van der Waals surface area (Å²) < 4.78 is 5.89. The predicted molar refractivity (Wildman–Crippen MR) is 83.0 cm³/mol. The highest BCUT2D eigenvalue weighted by Crippen LogP contribution is 2.61. The van der Waals surface area contributed by atoms with Crippen molar-refractivity contribution >= 4 is 0 Å². The molecule has 2 nitrogen and oxygen atoms in total. The highest BCUT2D eigenvalue weighted by molar-refractivity contribution is 5.40. The third-order valence-corrected chi connectivity index (χ3v) is 4.93. The summed E-state index contributed by atoms with van der Waals surface area (Å²) in [6.45, 7) is 8.33. The van der Waals surface area contributed by atoms with Gasteiger partial charge in [0, 0.05) is 6.04 Å². The van der Waals surface area contributed by atoms with E-state index in [0.717, 1.165) is 30.9 Å². The maximum atomic E-state index is 5.89. The van der Waals surface area contributed by atoms with Crippen LogP contribution in [-0.2, 0) is 11.2 Å². The number of aryl methyl sites for hydroxylation is 1. The molecule has 0 aliphatic heterocycles. The first-order valence-electron chi connectivity index (χ1n) is 8.15. The molecule has 2 aliphatic rings. The van der Waals surface area contributed by atoms with Gasteiger partial charge in [-0.05, 0) is 62.1 Å². The van der Waals surface area contributed by atoms with E-state index < -0.39 is 0 Å². The lowest BCUT2D eigenvalue weighted by molar-refractivity contribution is 0.0557. The molecule has 1 aromatic rings. The van der Waals surface area contributed by atoms with Crippen molar-refractivity contribution in [3.8, 4) is 0 Å². The summed E-state index contributed by atoms with van der Waals surface area (Å²) in [5.74, 6) is 2.43. The molecule has 1 saturated carbocycles. The van der Waals surface area contributed by atoms with Crippen LogP contribution in [0.2, 0.25) is 0 Å². The maximum absolute atomic E-state index is 5.89. The summed E-state index contributed by atoms with van der Waals surface area (Å²) in [7, 11) is 0. The van der Waals surface area contributed by atoms with Gasteiger partial charge in [-0.25, -0.2) is 0 Å². The monoisotopic (exact) mass is 273 g/mol. The second-order valence-corrected chi connectivity index (χ2v) is 6.55. The Balaban J connectivity index is 1.72. The number of fused-ring (bicyclic) bond motifs is 3. The molecule has 0 bridgehead atoms. The number of benzene rings is 1. The molecule has 0 heterocycles. The zero-order valence-electron chi connectivity index (χ0n) is 12.9. The van der Waals surface area contributed by atoms with Crippen LogP contribution in [0.15, 0.2) is 24.3 Å². The molecule has 4 unspecified atom stereocenters. The van der Waals surface area contributed by atoms with Crippen molar-refractivity contribution in [3.05, 3.63) is 35.4 Å². The average molecular weight is 273 g/mol. The van der Waals surface area contributed by atoms with Crippen molar-refractivity contribution < 1.29 is 4.74 Å². The zero-order chi connectivity index (χ0) is 14.1. The lowest BCUT2D eigenvalue weighted by Crippen LogP contribution is -2.37. The molecule has 0 spiro atoms. The molecule has 20 heavy (non-hydrogen) atoms. The molecular weight excluding hydrogens is 246 g/mol. The Bertz CT molecular complexity index is 456. The molecule has 2 aliphatic carbocycles. The Hall–Kier alpha value is -0.860. The molecular formula is C18H27NO.